The molecule has 1 N–H and O–H groups in total. The van der Waals surface area contributed by atoms with Gasteiger partial charge in [0, 0.05) is 25.2 Å². The monoisotopic (exact) mass is 500 g/mol. The Morgan fingerprint density at radius 3 is 2.37 bits per heavy atom. The van der Waals surface area contributed by atoms with E-state index in [1.807, 2.05) is 13.8 Å². The Hall–Kier alpha value is -3.79. The molecule has 0 aliphatic heterocycles. The lowest BCUT2D eigenvalue weighted by Crippen LogP contribution is -2.37. The minimum atomic E-state index is -4.20. The third-order valence-corrected chi connectivity index (χ3v) is 6.61. The van der Waals surface area contributed by atoms with E-state index in [9.17, 15) is 18.0 Å². The van der Waals surface area contributed by atoms with Gasteiger partial charge in [-0.2, -0.15) is 8.42 Å². The molecule has 1 atom stereocenters. The van der Waals surface area contributed by atoms with Gasteiger partial charge in [0.2, 0.25) is 5.91 Å². The van der Waals surface area contributed by atoms with Gasteiger partial charge in [0.25, 0.3) is 5.91 Å². The van der Waals surface area contributed by atoms with Crippen molar-refractivity contribution in [3.05, 3.63) is 72.2 Å². The summed E-state index contributed by atoms with van der Waals surface area (Å²) in [6, 6.07) is 13.6. The molecular weight excluding hydrogens is 472 g/mol. The molecule has 186 valence electrons. The van der Waals surface area contributed by atoms with Gasteiger partial charge in [-0.1, -0.05) is 13.0 Å². The van der Waals surface area contributed by atoms with Crippen molar-refractivity contribution >= 4 is 27.6 Å². The Morgan fingerprint density at radius 2 is 1.80 bits per heavy atom. The molecular formula is C25H28N2O7S. The van der Waals surface area contributed by atoms with Gasteiger partial charge in [0.05, 0.1) is 13.4 Å². The Bertz CT molecular complexity index is 1270. The van der Waals surface area contributed by atoms with Crippen LogP contribution in [0.5, 0.6) is 11.5 Å². The van der Waals surface area contributed by atoms with Crippen LogP contribution in [0.3, 0.4) is 0 Å². The molecule has 0 spiro atoms. The van der Waals surface area contributed by atoms with Gasteiger partial charge in [0.1, 0.15) is 4.90 Å². The molecule has 0 aliphatic carbocycles. The molecule has 2 aromatic carbocycles. The largest absolute Gasteiger partial charge is 0.493 e. The van der Waals surface area contributed by atoms with Crippen LogP contribution in [-0.2, 0) is 21.5 Å². The summed E-state index contributed by atoms with van der Waals surface area (Å²) in [7, 11) is -2.79. The number of hydrogen-bond donors (Lipinski definition) is 1. The molecule has 0 radical (unpaired) electrons. The maximum Gasteiger partial charge on any atom is 0.339 e. The van der Waals surface area contributed by atoms with Crippen molar-refractivity contribution in [3.8, 4) is 11.5 Å². The third-order valence-electron chi connectivity index (χ3n) is 5.36. The number of methoxy groups -OCH3 is 1. The van der Waals surface area contributed by atoms with Crippen LogP contribution in [-0.4, -0.2) is 38.3 Å². The number of nitrogens with one attached hydrogen (secondary N) is 1. The SMILES string of the molecule is CCC(C)N(Cc1ccc(OC)c(OS(=O)(=O)c2ccc(NC(C)=O)cc2)c1)C(=O)c1ccco1. The van der Waals surface area contributed by atoms with Gasteiger partial charge in [0.15, 0.2) is 17.3 Å². The normalized spacial score (nSPS) is 12.0. The first-order chi connectivity index (χ1) is 16.6. The molecule has 0 aliphatic rings. The minimum absolute atomic E-state index is 0.00881. The van der Waals surface area contributed by atoms with E-state index in [1.54, 1.807) is 29.2 Å². The lowest BCUT2D eigenvalue weighted by Gasteiger charge is -2.28. The summed E-state index contributed by atoms with van der Waals surface area (Å²) in [5, 5.41) is 2.58. The molecule has 0 saturated heterocycles. The molecule has 1 heterocycles. The summed E-state index contributed by atoms with van der Waals surface area (Å²) >= 11 is 0. The van der Waals surface area contributed by atoms with Crippen LogP contribution in [0.15, 0.2) is 70.2 Å². The summed E-state index contributed by atoms with van der Waals surface area (Å²) in [4.78, 5) is 25.7. The lowest BCUT2D eigenvalue weighted by molar-refractivity contribution is -0.114. The van der Waals surface area contributed by atoms with Crippen molar-refractivity contribution in [3.63, 3.8) is 0 Å². The standard InChI is InChI=1S/C25H28N2O7S/c1-5-17(2)27(25(29)23-7-6-14-33-23)16-19-8-13-22(32-4)24(15-19)34-35(30,31)21-11-9-20(10-12-21)26-18(3)28/h6-15,17H,5,16H2,1-4H3,(H,26,28). The molecule has 3 aromatic rings. The highest BCUT2D eigenvalue weighted by molar-refractivity contribution is 7.87. The van der Waals surface area contributed by atoms with E-state index in [-0.39, 0.29) is 46.6 Å². The first-order valence-corrected chi connectivity index (χ1v) is 12.4. The first-order valence-electron chi connectivity index (χ1n) is 11.0. The summed E-state index contributed by atoms with van der Waals surface area (Å²) in [5.74, 6) is -0.101. The number of rotatable bonds is 10. The van der Waals surface area contributed by atoms with E-state index in [2.05, 4.69) is 5.32 Å². The highest BCUT2D eigenvalue weighted by Gasteiger charge is 2.24. The van der Waals surface area contributed by atoms with Gasteiger partial charge in [-0.15, -0.1) is 0 Å². The first kappa shape index (κ1) is 25.8. The summed E-state index contributed by atoms with van der Waals surface area (Å²) in [6.07, 6.45) is 2.16. The molecule has 0 fully saturated rings. The average molecular weight is 501 g/mol. The van der Waals surface area contributed by atoms with Crippen molar-refractivity contribution in [1.29, 1.82) is 0 Å². The maximum atomic E-state index is 13.0. The number of carbonyl (C=O) groups is 2. The summed E-state index contributed by atoms with van der Waals surface area (Å²) < 4.78 is 41.8. The quantitative estimate of drug-likeness (QED) is 0.409. The van der Waals surface area contributed by atoms with Crippen molar-refractivity contribution in [2.45, 2.75) is 44.7 Å². The van der Waals surface area contributed by atoms with E-state index in [0.29, 0.717) is 11.3 Å². The number of furan rings is 1. The molecule has 35 heavy (non-hydrogen) atoms. The molecule has 9 nitrogen and oxygen atoms in total. The minimum Gasteiger partial charge on any atom is -0.493 e. The predicted octanol–water partition coefficient (Wildman–Crippen LogP) is 4.46. The number of hydrogen-bond acceptors (Lipinski definition) is 7. The Kier molecular flexibility index (Phi) is 8.18. The molecule has 1 unspecified atom stereocenters. The van der Waals surface area contributed by atoms with Gasteiger partial charge < -0.3 is 23.6 Å². The zero-order valence-electron chi connectivity index (χ0n) is 20.0. The highest BCUT2D eigenvalue weighted by atomic mass is 32.2. The van der Waals surface area contributed by atoms with E-state index in [0.717, 1.165) is 6.42 Å². The number of ether oxygens (including phenoxy) is 1. The fraction of sp³-hybridized carbons (Fsp3) is 0.280. The van der Waals surface area contributed by atoms with Crippen molar-refractivity contribution in [2.24, 2.45) is 0 Å². The lowest BCUT2D eigenvalue weighted by atomic mass is 10.1. The summed E-state index contributed by atoms with van der Waals surface area (Å²) in [5.41, 5.74) is 1.11. The van der Waals surface area contributed by atoms with Crippen LogP contribution in [0.1, 0.15) is 43.3 Å². The second-order valence-corrected chi connectivity index (χ2v) is 9.44. The number of nitrogens with zero attached hydrogens (tertiary/aromatic N) is 1. The van der Waals surface area contributed by atoms with Crippen LogP contribution < -0.4 is 14.2 Å². The van der Waals surface area contributed by atoms with E-state index < -0.39 is 10.1 Å². The summed E-state index contributed by atoms with van der Waals surface area (Å²) in [6.45, 7) is 5.47. The molecule has 3 rings (SSSR count). The van der Waals surface area contributed by atoms with Crippen molar-refractivity contribution < 1.29 is 31.3 Å². The van der Waals surface area contributed by atoms with E-state index in [4.69, 9.17) is 13.3 Å². The fourth-order valence-corrected chi connectivity index (χ4v) is 4.28. The Morgan fingerprint density at radius 1 is 1.09 bits per heavy atom. The van der Waals surface area contributed by atoms with Gasteiger partial charge in [-0.05, 0) is 67.4 Å². The Balaban J connectivity index is 1.87. The van der Waals surface area contributed by atoms with Crippen LogP contribution in [0.2, 0.25) is 0 Å². The number of carbonyl (C=O) groups excluding carboxylic acids is 2. The van der Waals surface area contributed by atoms with Crippen molar-refractivity contribution in [2.75, 3.05) is 12.4 Å². The van der Waals surface area contributed by atoms with Crippen molar-refractivity contribution in [1.82, 2.24) is 4.90 Å². The second kappa shape index (κ2) is 11.1. The molecule has 10 heteroatoms. The van der Waals surface area contributed by atoms with Gasteiger partial charge in [-0.3, -0.25) is 9.59 Å². The number of anilines is 1. The zero-order valence-corrected chi connectivity index (χ0v) is 20.8. The topological polar surface area (TPSA) is 115 Å². The molecule has 1 aromatic heterocycles. The molecule has 0 bridgehead atoms. The highest BCUT2D eigenvalue weighted by Crippen LogP contribution is 2.32. The maximum absolute atomic E-state index is 13.0. The Labute approximate surface area is 204 Å². The second-order valence-electron chi connectivity index (χ2n) is 7.90. The predicted molar refractivity (Wildman–Crippen MR) is 130 cm³/mol. The van der Waals surface area contributed by atoms with Crippen LogP contribution >= 0.6 is 0 Å². The van der Waals surface area contributed by atoms with E-state index in [1.165, 1.54) is 50.6 Å². The van der Waals surface area contributed by atoms with E-state index >= 15 is 0 Å². The van der Waals surface area contributed by atoms with Crippen LogP contribution in [0.4, 0.5) is 5.69 Å². The molecule has 2 amide bonds. The smallest absolute Gasteiger partial charge is 0.339 e. The van der Waals surface area contributed by atoms with Gasteiger partial charge in [-0.25, -0.2) is 0 Å². The average Bonchev–Trinajstić information content (AvgIpc) is 3.36. The molecule has 0 saturated carbocycles. The fourth-order valence-electron chi connectivity index (χ4n) is 3.35. The third kappa shape index (κ3) is 6.42. The zero-order chi connectivity index (χ0) is 25.6. The van der Waals surface area contributed by atoms with Gasteiger partial charge >= 0.3 is 10.1 Å². The van der Waals surface area contributed by atoms with Crippen LogP contribution in [0.25, 0.3) is 0 Å². The number of amides is 2. The van der Waals surface area contributed by atoms with Crippen LogP contribution in [0, 0.1) is 0 Å². The number of benzene rings is 2.